The van der Waals surface area contributed by atoms with E-state index in [1.807, 2.05) is 49.6 Å². The van der Waals surface area contributed by atoms with E-state index >= 15 is 0 Å². The van der Waals surface area contributed by atoms with Crippen LogP contribution in [-0.4, -0.2) is 38.5 Å². The van der Waals surface area contributed by atoms with Crippen LogP contribution in [0.15, 0.2) is 47.6 Å². The van der Waals surface area contributed by atoms with Crippen LogP contribution in [0.25, 0.3) is 0 Å². The van der Waals surface area contributed by atoms with E-state index in [0.29, 0.717) is 33.7 Å². The first-order valence-corrected chi connectivity index (χ1v) is 11.6. The van der Waals surface area contributed by atoms with Gasteiger partial charge in [0.2, 0.25) is 5.91 Å². The average Bonchev–Trinajstić information content (AvgIpc) is 3.23. The number of carbonyl (C=O) groups is 1. The molecule has 1 heterocycles. The van der Waals surface area contributed by atoms with E-state index in [1.165, 1.54) is 17.8 Å². The Labute approximate surface area is 201 Å². The lowest BCUT2D eigenvalue weighted by atomic mass is 10.2. The minimum atomic E-state index is -0.472. The van der Waals surface area contributed by atoms with E-state index < -0.39 is 11.0 Å². The molecular weight excluding hydrogens is 458 g/mol. The van der Waals surface area contributed by atoms with Crippen molar-refractivity contribution in [2.45, 2.75) is 45.0 Å². The van der Waals surface area contributed by atoms with Gasteiger partial charge in [0.1, 0.15) is 0 Å². The van der Waals surface area contributed by atoms with Crippen LogP contribution in [0, 0.1) is 17.0 Å². The van der Waals surface area contributed by atoms with E-state index in [9.17, 15) is 14.9 Å². The number of nitro groups is 1. The molecule has 11 heteroatoms. The van der Waals surface area contributed by atoms with Gasteiger partial charge in [0.15, 0.2) is 28.6 Å². The van der Waals surface area contributed by atoms with E-state index in [0.717, 1.165) is 0 Å². The van der Waals surface area contributed by atoms with Crippen molar-refractivity contribution in [1.29, 1.82) is 0 Å². The van der Waals surface area contributed by atoms with Gasteiger partial charge < -0.3 is 19.4 Å². The molecule has 0 saturated heterocycles. The first-order chi connectivity index (χ1) is 16.2. The maximum absolute atomic E-state index is 12.5. The third kappa shape index (κ3) is 5.84. The summed E-state index contributed by atoms with van der Waals surface area (Å²) in [7, 11) is 1.58. The zero-order valence-corrected chi connectivity index (χ0v) is 20.5. The highest BCUT2D eigenvalue weighted by Gasteiger charge is 2.23. The second kappa shape index (κ2) is 11.0. The maximum atomic E-state index is 12.5. The summed E-state index contributed by atoms with van der Waals surface area (Å²) >= 11 is 1.23. The van der Waals surface area contributed by atoms with Gasteiger partial charge in [-0.1, -0.05) is 30.0 Å². The van der Waals surface area contributed by atoms with Gasteiger partial charge in [-0.15, -0.1) is 10.2 Å². The molecule has 1 unspecified atom stereocenters. The Morgan fingerprint density at radius 1 is 1.18 bits per heavy atom. The molecule has 3 aromatic rings. The van der Waals surface area contributed by atoms with Gasteiger partial charge >= 0.3 is 0 Å². The second-order valence-corrected chi connectivity index (χ2v) is 8.75. The monoisotopic (exact) mass is 485 g/mol. The summed E-state index contributed by atoms with van der Waals surface area (Å²) in [6.45, 7) is 7.52. The smallest absolute Gasteiger partial charge is 0.274 e. The molecule has 0 saturated carbocycles. The maximum Gasteiger partial charge on any atom is 0.274 e. The van der Waals surface area contributed by atoms with Crippen molar-refractivity contribution in [2.75, 3.05) is 18.2 Å². The van der Waals surface area contributed by atoms with Crippen LogP contribution in [-0.2, 0) is 4.79 Å². The molecular formula is C23H27N5O5S. The Bertz CT molecular complexity index is 1180. The summed E-state index contributed by atoms with van der Waals surface area (Å²) in [6.07, 6.45) is -0.414. The molecule has 0 fully saturated rings. The van der Waals surface area contributed by atoms with Crippen LogP contribution in [0.5, 0.6) is 11.5 Å². The van der Waals surface area contributed by atoms with Crippen LogP contribution in [0.1, 0.15) is 44.3 Å². The van der Waals surface area contributed by atoms with Crippen LogP contribution in [0.2, 0.25) is 0 Å². The summed E-state index contributed by atoms with van der Waals surface area (Å²) in [6, 6.07) is 12.0. The lowest BCUT2D eigenvalue weighted by Gasteiger charge is -2.19. The SMILES string of the molecule is COc1ccccc1OC(C)c1nnc(SCC(=O)Nc2ccc(C)c([N+](=O)[O-])c2)n1C(C)C. The number of aromatic nitrogens is 3. The molecule has 10 nitrogen and oxygen atoms in total. The zero-order chi connectivity index (χ0) is 24.8. The average molecular weight is 486 g/mol. The third-order valence-corrected chi connectivity index (χ3v) is 5.91. The number of thioether (sulfide) groups is 1. The molecule has 1 N–H and O–H groups in total. The molecule has 3 rings (SSSR count). The number of nitrogens with one attached hydrogen (secondary N) is 1. The number of amides is 1. The molecule has 34 heavy (non-hydrogen) atoms. The Hall–Kier alpha value is -3.60. The minimum absolute atomic E-state index is 0.0269. The summed E-state index contributed by atoms with van der Waals surface area (Å²) in [5, 5.41) is 23.0. The van der Waals surface area contributed by atoms with Crippen LogP contribution in [0.3, 0.4) is 0 Å². The molecule has 0 spiro atoms. The van der Waals surface area contributed by atoms with Crippen molar-refractivity contribution >= 4 is 29.0 Å². The number of rotatable bonds is 10. The number of carbonyl (C=O) groups excluding carboxylic acids is 1. The highest BCUT2D eigenvalue weighted by molar-refractivity contribution is 7.99. The number of nitro benzene ring substituents is 1. The van der Waals surface area contributed by atoms with Crippen LogP contribution < -0.4 is 14.8 Å². The molecule has 0 aliphatic rings. The van der Waals surface area contributed by atoms with Crippen molar-refractivity contribution in [3.8, 4) is 11.5 Å². The van der Waals surface area contributed by atoms with Crippen molar-refractivity contribution in [1.82, 2.24) is 14.8 Å². The lowest BCUT2D eigenvalue weighted by Crippen LogP contribution is -2.17. The van der Waals surface area contributed by atoms with Crippen molar-refractivity contribution in [3.05, 3.63) is 64.0 Å². The number of nitrogens with zero attached hydrogens (tertiary/aromatic N) is 4. The van der Waals surface area contributed by atoms with Gasteiger partial charge in [-0.25, -0.2) is 0 Å². The standard InChI is InChI=1S/C23H27N5O5S/c1-14(2)27-22(16(4)33-20-9-7-6-8-19(20)32-5)25-26-23(27)34-13-21(29)24-17-11-10-15(3)18(12-17)28(30)31/h6-12,14,16H,13H2,1-5H3,(H,24,29). The highest BCUT2D eigenvalue weighted by atomic mass is 32.2. The molecule has 1 aromatic heterocycles. The molecule has 2 aromatic carbocycles. The van der Waals surface area contributed by atoms with Crippen molar-refractivity contribution in [3.63, 3.8) is 0 Å². The number of benzene rings is 2. The first kappa shape index (κ1) is 25.0. The first-order valence-electron chi connectivity index (χ1n) is 10.6. The fourth-order valence-corrected chi connectivity index (χ4v) is 4.19. The molecule has 0 bridgehead atoms. The van der Waals surface area contributed by atoms with E-state index in [-0.39, 0.29) is 23.4 Å². The van der Waals surface area contributed by atoms with E-state index in [2.05, 4.69) is 15.5 Å². The third-order valence-electron chi connectivity index (χ3n) is 4.97. The fourth-order valence-electron chi connectivity index (χ4n) is 3.32. The Morgan fingerprint density at radius 3 is 2.53 bits per heavy atom. The number of aryl methyl sites for hydroxylation is 1. The predicted molar refractivity (Wildman–Crippen MR) is 130 cm³/mol. The van der Waals surface area contributed by atoms with Gasteiger partial charge in [-0.05, 0) is 45.9 Å². The van der Waals surface area contributed by atoms with Gasteiger partial charge in [0, 0.05) is 23.4 Å². The molecule has 0 aliphatic carbocycles. The molecule has 0 radical (unpaired) electrons. The minimum Gasteiger partial charge on any atom is -0.493 e. The summed E-state index contributed by atoms with van der Waals surface area (Å²) < 4.78 is 13.4. The van der Waals surface area contributed by atoms with Gasteiger partial charge in [-0.2, -0.15) is 0 Å². The number of para-hydroxylation sites is 2. The van der Waals surface area contributed by atoms with Crippen LogP contribution >= 0.6 is 11.8 Å². The van der Waals surface area contributed by atoms with Gasteiger partial charge in [0.25, 0.3) is 5.69 Å². The zero-order valence-electron chi connectivity index (χ0n) is 19.6. The molecule has 1 amide bonds. The quantitative estimate of drug-likeness (QED) is 0.243. The summed E-state index contributed by atoms with van der Waals surface area (Å²) in [5.74, 6) is 1.59. The number of hydrogen-bond donors (Lipinski definition) is 1. The van der Waals surface area contributed by atoms with Gasteiger partial charge in [-0.3, -0.25) is 14.9 Å². The van der Waals surface area contributed by atoms with Crippen molar-refractivity contribution in [2.24, 2.45) is 0 Å². The topological polar surface area (TPSA) is 121 Å². The summed E-state index contributed by atoms with van der Waals surface area (Å²) in [5.41, 5.74) is 0.853. The summed E-state index contributed by atoms with van der Waals surface area (Å²) in [4.78, 5) is 23.1. The molecule has 1 atom stereocenters. The molecule has 0 aliphatic heterocycles. The van der Waals surface area contributed by atoms with Crippen molar-refractivity contribution < 1.29 is 19.2 Å². The molecule has 180 valence electrons. The Balaban J connectivity index is 1.70. The van der Waals surface area contributed by atoms with E-state index in [4.69, 9.17) is 9.47 Å². The number of ether oxygens (including phenoxy) is 2. The number of hydrogen-bond acceptors (Lipinski definition) is 8. The highest BCUT2D eigenvalue weighted by Crippen LogP contribution is 2.32. The predicted octanol–water partition coefficient (Wildman–Crippen LogP) is 4.96. The van der Waals surface area contributed by atoms with Gasteiger partial charge in [0.05, 0.1) is 17.8 Å². The van der Waals surface area contributed by atoms with E-state index in [1.54, 1.807) is 26.2 Å². The number of methoxy groups -OCH3 is 1. The van der Waals surface area contributed by atoms with Crippen LogP contribution in [0.4, 0.5) is 11.4 Å². The fraction of sp³-hybridized carbons (Fsp3) is 0.348. The largest absolute Gasteiger partial charge is 0.493 e. The normalized spacial score (nSPS) is 11.8. The lowest BCUT2D eigenvalue weighted by molar-refractivity contribution is -0.385. The Kier molecular flexibility index (Phi) is 8.11. The number of anilines is 1. The Morgan fingerprint density at radius 2 is 1.88 bits per heavy atom. The second-order valence-electron chi connectivity index (χ2n) is 7.81.